The van der Waals surface area contributed by atoms with Crippen molar-refractivity contribution in [2.75, 3.05) is 39.8 Å². The van der Waals surface area contributed by atoms with Gasteiger partial charge in [-0.3, -0.25) is 4.90 Å². The van der Waals surface area contributed by atoms with Crippen LogP contribution in [0.5, 0.6) is 0 Å². The molecule has 1 aliphatic heterocycles. The van der Waals surface area contributed by atoms with Gasteiger partial charge in [0, 0.05) is 44.3 Å². The van der Waals surface area contributed by atoms with Crippen LogP contribution in [0, 0.1) is 17.8 Å². The standard InChI is InChI=1S/C18H37N3/c1-14-11-15(2)16(17(12-14)19-6)13-20-7-9-21(10-8-20)18(3,4)5/h14-17,19H,7-13H2,1-6H3. The van der Waals surface area contributed by atoms with Crippen LogP contribution in [0.15, 0.2) is 0 Å². The monoisotopic (exact) mass is 295 g/mol. The van der Waals surface area contributed by atoms with Crippen LogP contribution < -0.4 is 5.32 Å². The SMILES string of the molecule is CNC1CC(C)CC(C)C1CN1CCN(C(C)(C)C)CC1. The van der Waals surface area contributed by atoms with Crippen LogP contribution in [0.25, 0.3) is 0 Å². The summed E-state index contributed by atoms with van der Waals surface area (Å²) in [5, 5.41) is 3.60. The molecule has 0 bridgehead atoms. The lowest BCUT2D eigenvalue weighted by Gasteiger charge is -2.46. The Morgan fingerprint density at radius 1 is 1.00 bits per heavy atom. The van der Waals surface area contributed by atoms with Gasteiger partial charge >= 0.3 is 0 Å². The van der Waals surface area contributed by atoms with E-state index in [9.17, 15) is 0 Å². The van der Waals surface area contributed by atoms with Gasteiger partial charge in [0.05, 0.1) is 0 Å². The molecule has 1 heterocycles. The van der Waals surface area contributed by atoms with Gasteiger partial charge in [-0.2, -0.15) is 0 Å². The van der Waals surface area contributed by atoms with E-state index in [0.29, 0.717) is 11.6 Å². The normalized spacial score (nSPS) is 36.9. The van der Waals surface area contributed by atoms with Crippen molar-refractivity contribution in [2.24, 2.45) is 17.8 Å². The first-order valence-electron chi connectivity index (χ1n) is 8.96. The van der Waals surface area contributed by atoms with Gasteiger partial charge in [-0.15, -0.1) is 0 Å². The molecule has 124 valence electrons. The average Bonchev–Trinajstić information content (AvgIpc) is 2.41. The molecule has 0 radical (unpaired) electrons. The summed E-state index contributed by atoms with van der Waals surface area (Å²) in [5.41, 5.74) is 0.327. The molecule has 1 aliphatic carbocycles. The predicted molar refractivity (Wildman–Crippen MR) is 91.7 cm³/mol. The van der Waals surface area contributed by atoms with Crippen molar-refractivity contribution in [3.8, 4) is 0 Å². The highest BCUT2D eigenvalue weighted by Crippen LogP contribution is 2.34. The van der Waals surface area contributed by atoms with Crippen LogP contribution in [-0.4, -0.2) is 61.2 Å². The Kier molecular flexibility index (Phi) is 5.72. The Balaban J connectivity index is 1.87. The minimum Gasteiger partial charge on any atom is -0.317 e. The summed E-state index contributed by atoms with van der Waals surface area (Å²) in [7, 11) is 2.15. The fourth-order valence-electron chi connectivity index (χ4n) is 4.45. The topological polar surface area (TPSA) is 18.5 Å². The van der Waals surface area contributed by atoms with Crippen LogP contribution >= 0.6 is 0 Å². The number of hydrogen-bond acceptors (Lipinski definition) is 3. The summed E-state index contributed by atoms with van der Waals surface area (Å²) in [6.45, 7) is 18.1. The molecule has 1 N–H and O–H groups in total. The molecule has 2 aliphatic rings. The van der Waals surface area contributed by atoms with Crippen molar-refractivity contribution in [3.63, 3.8) is 0 Å². The molecule has 0 amide bonds. The van der Waals surface area contributed by atoms with Crippen molar-refractivity contribution in [1.29, 1.82) is 0 Å². The molecule has 2 fully saturated rings. The third-order valence-corrected chi connectivity index (χ3v) is 5.84. The van der Waals surface area contributed by atoms with Crippen LogP contribution in [0.1, 0.15) is 47.5 Å². The third kappa shape index (κ3) is 4.43. The fraction of sp³-hybridized carbons (Fsp3) is 1.00. The maximum Gasteiger partial charge on any atom is 0.0126 e. The second kappa shape index (κ2) is 6.97. The Morgan fingerprint density at radius 2 is 1.62 bits per heavy atom. The number of piperazine rings is 1. The molecule has 3 nitrogen and oxygen atoms in total. The van der Waals surface area contributed by atoms with E-state index in [4.69, 9.17) is 0 Å². The molecule has 0 aromatic carbocycles. The fourth-order valence-corrected chi connectivity index (χ4v) is 4.45. The number of nitrogens with one attached hydrogen (secondary N) is 1. The van der Waals surface area contributed by atoms with E-state index in [2.05, 4.69) is 56.8 Å². The minimum atomic E-state index is 0.327. The average molecular weight is 296 g/mol. The smallest absolute Gasteiger partial charge is 0.0126 e. The van der Waals surface area contributed by atoms with Crippen LogP contribution in [-0.2, 0) is 0 Å². The Bertz CT molecular complexity index is 315. The number of nitrogens with zero attached hydrogens (tertiary/aromatic N) is 2. The second-order valence-electron chi connectivity index (χ2n) is 8.57. The zero-order valence-electron chi connectivity index (χ0n) is 15.2. The predicted octanol–water partition coefficient (Wildman–Crippen LogP) is 2.67. The maximum absolute atomic E-state index is 3.60. The Hall–Kier alpha value is -0.120. The van der Waals surface area contributed by atoms with E-state index < -0.39 is 0 Å². The summed E-state index contributed by atoms with van der Waals surface area (Å²) in [6.07, 6.45) is 2.76. The zero-order valence-corrected chi connectivity index (χ0v) is 15.2. The highest BCUT2D eigenvalue weighted by molar-refractivity contribution is 4.90. The maximum atomic E-state index is 3.60. The van der Waals surface area contributed by atoms with E-state index in [0.717, 1.165) is 17.8 Å². The van der Waals surface area contributed by atoms with Gasteiger partial charge < -0.3 is 10.2 Å². The van der Waals surface area contributed by atoms with Gasteiger partial charge in [-0.05, 0) is 58.4 Å². The molecule has 0 aromatic heterocycles. The van der Waals surface area contributed by atoms with Gasteiger partial charge in [-0.1, -0.05) is 13.8 Å². The van der Waals surface area contributed by atoms with Crippen LogP contribution in [0.3, 0.4) is 0 Å². The summed E-state index contributed by atoms with van der Waals surface area (Å²) in [5.74, 6) is 2.56. The molecular formula is C18H37N3. The summed E-state index contributed by atoms with van der Waals surface area (Å²) >= 11 is 0. The molecule has 0 spiro atoms. The molecule has 1 saturated heterocycles. The first kappa shape index (κ1) is 17.2. The number of rotatable bonds is 3. The summed E-state index contributed by atoms with van der Waals surface area (Å²) in [4.78, 5) is 5.34. The summed E-state index contributed by atoms with van der Waals surface area (Å²) < 4.78 is 0. The van der Waals surface area contributed by atoms with Gasteiger partial charge in [-0.25, -0.2) is 0 Å². The largest absolute Gasteiger partial charge is 0.317 e. The lowest BCUT2D eigenvalue weighted by Crippen LogP contribution is -2.56. The van der Waals surface area contributed by atoms with Crippen molar-refractivity contribution >= 4 is 0 Å². The molecule has 3 heteroatoms. The van der Waals surface area contributed by atoms with E-state index in [1.54, 1.807) is 0 Å². The van der Waals surface area contributed by atoms with E-state index >= 15 is 0 Å². The lowest BCUT2D eigenvalue weighted by molar-refractivity contribution is 0.0359. The molecule has 4 unspecified atom stereocenters. The van der Waals surface area contributed by atoms with E-state index in [1.807, 2.05) is 0 Å². The van der Waals surface area contributed by atoms with Crippen LogP contribution in [0.2, 0.25) is 0 Å². The van der Waals surface area contributed by atoms with Gasteiger partial charge in [0.2, 0.25) is 0 Å². The Morgan fingerprint density at radius 3 is 2.14 bits per heavy atom. The molecular weight excluding hydrogens is 258 g/mol. The van der Waals surface area contributed by atoms with E-state index in [1.165, 1.54) is 45.6 Å². The minimum absolute atomic E-state index is 0.327. The van der Waals surface area contributed by atoms with Crippen molar-refractivity contribution in [3.05, 3.63) is 0 Å². The highest BCUT2D eigenvalue weighted by Gasteiger charge is 2.35. The molecule has 1 saturated carbocycles. The van der Waals surface area contributed by atoms with Gasteiger partial charge in [0.15, 0.2) is 0 Å². The van der Waals surface area contributed by atoms with E-state index in [-0.39, 0.29) is 0 Å². The Labute approximate surface area is 132 Å². The first-order chi connectivity index (χ1) is 9.81. The molecule has 0 aromatic rings. The van der Waals surface area contributed by atoms with Gasteiger partial charge in [0.25, 0.3) is 0 Å². The van der Waals surface area contributed by atoms with Crippen molar-refractivity contribution in [1.82, 2.24) is 15.1 Å². The lowest BCUT2D eigenvalue weighted by atomic mass is 9.72. The first-order valence-corrected chi connectivity index (χ1v) is 8.96. The highest BCUT2D eigenvalue weighted by atomic mass is 15.3. The second-order valence-corrected chi connectivity index (χ2v) is 8.57. The quantitative estimate of drug-likeness (QED) is 0.863. The molecule has 2 rings (SSSR count). The zero-order chi connectivity index (χ0) is 15.6. The van der Waals surface area contributed by atoms with Crippen molar-refractivity contribution in [2.45, 2.75) is 59.0 Å². The number of hydrogen-bond donors (Lipinski definition) is 1. The molecule has 4 atom stereocenters. The van der Waals surface area contributed by atoms with Gasteiger partial charge in [0.1, 0.15) is 0 Å². The summed E-state index contributed by atoms with van der Waals surface area (Å²) in [6, 6.07) is 0.712. The van der Waals surface area contributed by atoms with Crippen molar-refractivity contribution < 1.29 is 0 Å². The molecule has 21 heavy (non-hydrogen) atoms. The van der Waals surface area contributed by atoms with Crippen LogP contribution in [0.4, 0.5) is 0 Å². The third-order valence-electron chi connectivity index (χ3n) is 5.84.